The van der Waals surface area contributed by atoms with Crippen LogP contribution >= 0.6 is 0 Å². The topological polar surface area (TPSA) is 50.3 Å². The van der Waals surface area contributed by atoms with E-state index in [1.165, 1.54) is 0 Å². The Kier molecular flexibility index (Phi) is 4.50. The predicted octanol–water partition coefficient (Wildman–Crippen LogP) is 3.61. The van der Waals surface area contributed by atoms with Gasteiger partial charge in [0.15, 0.2) is 0 Å². The van der Waals surface area contributed by atoms with Gasteiger partial charge in [0.1, 0.15) is 0 Å². The summed E-state index contributed by atoms with van der Waals surface area (Å²) in [7, 11) is -3.48. The lowest BCUT2D eigenvalue weighted by Crippen LogP contribution is -2.38. The van der Waals surface area contributed by atoms with Crippen molar-refractivity contribution in [3.8, 4) is 0 Å². The fourth-order valence-corrected chi connectivity index (χ4v) is 4.81. The first-order valence-corrected chi connectivity index (χ1v) is 9.42. The molecule has 0 amide bonds. The van der Waals surface area contributed by atoms with Gasteiger partial charge in [-0.15, -0.1) is 0 Å². The molecule has 1 atom stereocenters. The molecule has 1 aliphatic heterocycles. The molecule has 1 aliphatic rings. The van der Waals surface area contributed by atoms with E-state index in [0.29, 0.717) is 11.4 Å². The zero-order valence-corrected chi connectivity index (χ0v) is 14.4. The third-order valence-electron chi connectivity index (χ3n) is 4.36. The fraction of sp³-hybridized carbons (Fsp3) is 0.389. The van der Waals surface area contributed by atoms with Crippen molar-refractivity contribution in [3.05, 3.63) is 59.4 Å². The number of aromatic nitrogens is 1. The second-order valence-electron chi connectivity index (χ2n) is 6.24. The van der Waals surface area contributed by atoms with Crippen LogP contribution in [0.2, 0.25) is 0 Å². The number of pyridine rings is 1. The highest BCUT2D eigenvalue weighted by molar-refractivity contribution is 7.89. The van der Waals surface area contributed by atoms with Crippen LogP contribution in [-0.2, 0) is 10.0 Å². The van der Waals surface area contributed by atoms with E-state index >= 15 is 0 Å². The molecular weight excluding hydrogens is 308 g/mol. The molecule has 0 radical (unpaired) electrons. The minimum atomic E-state index is -3.48. The first kappa shape index (κ1) is 16.1. The largest absolute Gasteiger partial charge is 0.264 e. The van der Waals surface area contributed by atoms with Crippen molar-refractivity contribution >= 4 is 10.0 Å². The molecule has 0 spiro atoms. The Hall–Kier alpha value is -1.72. The van der Waals surface area contributed by atoms with Crippen LogP contribution in [0, 0.1) is 13.8 Å². The molecule has 23 heavy (non-hydrogen) atoms. The van der Waals surface area contributed by atoms with E-state index in [9.17, 15) is 8.42 Å². The molecule has 2 aromatic rings. The van der Waals surface area contributed by atoms with Gasteiger partial charge < -0.3 is 0 Å². The number of nitrogens with zero attached hydrogens (tertiary/aromatic N) is 2. The molecule has 1 aromatic heterocycles. The number of rotatable bonds is 3. The number of piperidine rings is 1. The van der Waals surface area contributed by atoms with Gasteiger partial charge in [0.25, 0.3) is 0 Å². The lowest BCUT2D eigenvalue weighted by molar-refractivity contribution is 0.255. The average molecular weight is 330 g/mol. The summed E-state index contributed by atoms with van der Waals surface area (Å²) in [5, 5.41) is 0. The summed E-state index contributed by atoms with van der Waals surface area (Å²) in [5.74, 6) is 0. The molecule has 2 heterocycles. The number of hydrogen-bond acceptors (Lipinski definition) is 3. The number of aryl methyl sites for hydroxylation is 2. The van der Waals surface area contributed by atoms with Gasteiger partial charge in [-0.25, -0.2) is 8.42 Å². The molecule has 0 saturated carbocycles. The van der Waals surface area contributed by atoms with E-state index in [4.69, 9.17) is 0 Å². The minimum absolute atomic E-state index is 0.123. The maximum absolute atomic E-state index is 13.1. The molecule has 5 heteroatoms. The molecule has 1 fully saturated rings. The van der Waals surface area contributed by atoms with Crippen molar-refractivity contribution in [2.45, 2.75) is 44.0 Å². The van der Waals surface area contributed by atoms with Crippen LogP contribution < -0.4 is 0 Å². The monoisotopic (exact) mass is 330 g/mol. The van der Waals surface area contributed by atoms with Gasteiger partial charge in [0.05, 0.1) is 10.9 Å². The van der Waals surface area contributed by atoms with E-state index in [2.05, 4.69) is 4.98 Å². The van der Waals surface area contributed by atoms with E-state index in [0.717, 1.165) is 36.0 Å². The minimum Gasteiger partial charge on any atom is -0.264 e. The van der Waals surface area contributed by atoms with Crippen LogP contribution in [0.5, 0.6) is 0 Å². The Bertz CT molecular complexity index is 785. The third kappa shape index (κ3) is 3.31. The van der Waals surface area contributed by atoms with Gasteiger partial charge in [-0.3, -0.25) is 4.98 Å². The summed E-state index contributed by atoms with van der Waals surface area (Å²) < 4.78 is 27.8. The summed E-state index contributed by atoms with van der Waals surface area (Å²) in [6.07, 6.45) is 6.38. The van der Waals surface area contributed by atoms with E-state index < -0.39 is 10.0 Å². The van der Waals surface area contributed by atoms with Crippen LogP contribution in [0.4, 0.5) is 0 Å². The zero-order chi connectivity index (χ0) is 16.4. The highest BCUT2D eigenvalue weighted by Gasteiger charge is 2.34. The lowest BCUT2D eigenvalue weighted by Gasteiger charge is -2.35. The molecule has 0 bridgehead atoms. The van der Waals surface area contributed by atoms with Crippen molar-refractivity contribution < 1.29 is 8.42 Å². The molecule has 0 N–H and O–H groups in total. The molecule has 1 saturated heterocycles. The summed E-state index contributed by atoms with van der Waals surface area (Å²) in [5.41, 5.74) is 3.10. The third-order valence-corrected chi connectivity index (χ3v) is 6.28. The van der Waals surface area contributed by atoms with Gasteiger partial charge in [-0.05, 0) is 49.9 Å². The molecule has 4 nitrogen and oxygen atoms in total. The van der Waals surface area contributed by atoms with Crippen molar-refractivity contribution in [2.75, 3.05) is 6.54 Å². The van der Waals surface area contributed by atoms with Gasteiger partial charge >= 0.3 is 0 Å². The maximum atomic E-state index is 13.1. The summed E-state index contributed by atoms with van der Waals surface area (Å²) in [6.45, 7) is 4.51. The quantitative estimate of drug-likeness (QED) is 0.864. The van der Waals surface area contributed by atoms with Gasteiger partial charge in [-0.2, -0.15) is 4.31 Å². The van der Waals surface area contributed by atoms with Crippen LogP contribution in [0.3, 0.4) is 0 Å². The Labute approximate surface area is 138 Å². The van der Waals surface area contributed by atoms with Crippen LogP contribution in [0.1, 0.15) is 42.0 Å². The standard InChI is InChI=1S/C18H22N2O2S/c1-14-6-8-17(9-7-14)23(21,22)20-10-4-3-5-18(20)16-11-15(2)12-19-13-16/h6-9,11-13,18H,3-5,10H2,1-2H3/t18-/m1/s1. The number of sulfonamides is 1. The molecule has 122 valence electrons. The number of benzene rings is 1. The Balaban J connectivity index is 1.99. The second kappa shape index (κ2) is 6.42. The molecule has 3 rings (SSSR count). The Morgan fingerprint density at radius 2 is 1.78 bits per heavy atom. The lowest BCUT2D eigenvalue weighted by atomic mass is 9.98. The summed E-state index contributed by atoms with van der Waals surface area (Å²) >= 11 is 0. The van der Waals surface area contributed by atoms with Crippen LogP contribution in [-0.4, -0.2) is 24.3 Å². The van der Waals surface area contributed by atoms with Crippen molar-refractivity contribution in [2.24, 2.45) is 0 Å². The molecular formula is C18H22N2O2S. The predicted molar refractivity (Wildman–Crippen MR) is 90.6 cm³/mol. The smallest absolute Gasteiger partial charge is 0.243 e. The average Bonchev–Trinajstić information content (AvgIpc) is 2.55. The fourth-order valence-electron chi connectivity index (χ4n) is 3.13. The first-order valence-electron chi connectivity index (χ1n) is 7.98. The number of hydrogen-bond donors (Lipinski definition) is 0. The van der Waals surface area contributed by atoms with Crippen molar-refractivity contribution in [1.82, 2.24) is 9.29 Å². The highest BCUT2D eigenvalue weighted by Crippen LogP contribution is 2.35. The normalized spacial score (nSPS) is 19.7. The van der Waals surface area contributed by atoms with Crippen molar-refractivity contribution in [1.29, 1.82) is 0 Å². The van der Waals surface area contributed by atoms with E-state index in [1.54, 1.807) is 28.8 Å². The highest BCUT2D eigenvalue weighted by atomic mass is 32.2. The molecule has 0 unspecified atom stereocenters. The van der Waals surface area contributed by atoms with E-state index in [-0.39, 0.29) is 6.04 Å². The Morgan fingerprint density at radius 3 is 2.48 bits per heavy atom. The van der Waals surface area contributed by atoms with Gasteiger partial charge in [-0.1, -0.05) is 30.2 Å². The van der Waals surface area contributed by atoms with Gasteiger partial charge in [0.2, 0.25) is 10.0 Å². The Morgan fingerprint density at radius 1 is 1.04 bits per heavy atom. The van der Waals surface area contributed by atoms with Gasteiger partial charge in [0, 0.05) is 18.9 Å². The summed E-state index contributed by atoms with van der Waals surface area (Å²) in [4.78, 5) is 4.61. The second-order valence-corrected chi connectivity index (χ2v) is 8.13. The zero-order valence-electron chi connectivity index (χ0n) is 13.6. The first-order chi connectivity index (χ1) is 11.0. The molecule has 1 aromatic carbocycles. The SMILES string of the molecule is Cc1ccc(S(=O)(=O)N2CCCC[C@@H]2c2cncc(C)c2)cc1. The van der Waals surface area contributed by atoms with Crippen LogP contribution in [0.25, 0.3) is 0 Å². The summed E-state index contributed by atoms with van der Waals surface area (Å²) in [6, 6.07) is 9.01. The van der Waals surface area contributed by atoms with Crippen molar-refractivity contribution in [3.63, 3.8) is 0 Å². The van der Waals surface area contributed by atoms with Crippen LogP contribution in [0.15, 0.2) is 47.6 Å². The maximum Gasteiger partial charge on any atom is 0.243 e. The van der Waals surface area contributed by atoms with E-state index in [1.807, 2.05) is 32.0 Å². The molecule has 0 aliphatic carbocycles.